The number of thioether (sulfide) groups is 1. The summed E-state index contributed by atoms with van der Waals surface area (Å²) >= 11 is 1.00. The first-order chi connectivity index (χ1) is 6.77. The van der Waals surface area contributed by atoms with E-state index in [-0.39, 0.29) is 10.9 Å². The Morgan fingerprint density at radius 3 is 2.64 bits per heavy atom. The molecule has 0 saturated carbocycles. The van der Waals surface area contributed by atoms with E-state index in [4.69, 9.17) is 10.00 Å². The lowest BCUT2D eigenvalue weighted by atomic mass is 10.2. The average molecular weight is 207 g/mol. The second-order valence-electron chi connectivity index (χ2n) is 2.46. The number of nitrogens with zero attached hydrogens (tertiary/aromatic N) is 1. The Balaban J connectivity index is 2.67. The quantitative estimate of drug-likeness (QED) is 0.761. The number of hydrogen-bond acceptors (Lipinski definition) is 4. The molecule has 0 amide bonds. The fraction of sp³-hybridized carbons (Fsp3) is 0.200. The zero-order valence-electron chi connectivity index (χ0n) is 7.69. The van der Waals surface area contributed by atoms with Crippen LogP contribution in [0.4, 0.5) is 0 Å². The lowest BCUT2D eigenvalue weighted by molar-refractivity contribution is 0.108. The van der Waals surface area contributed by atoms with Crippen LogP contribution in [0.1, 0.15) is 10.4 Å². The van der Waals surface area contributed by atoms with Gasteiger partial charge in [0.05, 0.1) is 18.9 Å². The number of carbonyl (C=O) groups is 1. The summed E-state index contributed by atoms with van der Waals surface area (Å²) in [6.07, 6.45) is 0. The molecule has 3 nitrogen and oxygen atoms in total. The Hall–Kier alpha value is -1.47. The molecule has 0 saturated heterocycles. The van der Waals surface area contributed by atoms with Crippen molar-refractivity contribution in [1.82, 2.24) is 0 Å². The third-order valence-electron chi connectivity index (χ3n) is 1.59. The van der Waals surface area contributed by atoms with Crippen molar-refractivity contribution in [2.24, 2.45) is 0 Å². The highest BCUT2D eigenvalue weighted by molar-refractivity contribution is 8.14. The summed E-state index contributed by atoms with van der Waals surface area (Å²) in [5, 5.41) is 8.21. The lowest BCUT2D eigenvalue weighted by Gasteiger charge is -2.00. The minimum absolute atomic E-state index is 0.0887. The Morgan fingerprint density at radius 1 is 1.50 bits per heavy atom. The van der Waals surface area contributed by atoms with Crippen LogP contribution in [0.2, 0.25) is 0 Å². The van der Waals surface area contributed by atoms with Crippen LogP contribution in [0, 0.1) is 11.3 Å². The van der Waals surface area contributed by atoms with Gasteiger partial charge in [-0.2, -0.15) is 5.26 Å². The van der Waals surface area contributed by atoms with Crippen molar-refractivity contribution in [3.05, 3.63) is 29.8 Å². The van der Waals surface area contributed by atoms with Gasteiger partial charge in [0.15, 0.2) is 0 Å². The largest absolute Gasteiger partial charge is 0.497 e. The number of nitriles is 1. The molecule has 1 aromatic carbocycles. The minimum atomic E-state index is -0.0887. The molecule has 0 N–H and O–H groups in total. The van der Waals surface area contributed by atoms with Crippen LogP contribution in [0.15, 0.2) is 24.3 Å². The van der Waals surface area contributed by atoms with Crippen LogP contribution in [0.5, 0.6) is 5.75 Å². The molecule has 0 fully saturated rings. The highest BCUT2D eigenvalue weighted by atomic mass is 32.2. The topological polar surface area (TPSA) is 50.1 Å². The first-order valence-corrected chi connectivity index (χ1v) is 4.94. The van der Waals surface area contributed by atoms with Crippen molar-refractivity contribution in [2.75, 3.05) is 12.9 Å². The Labute approximate surface area is 86.7 Å². The second kappa shape index (κ2) is 5.30. The van der Waals surface area contributed by atoms with Crippen LogP contribution in [0.3, 0.4) is 0 Å². The Morgan fingerprint density at radius 2 is 2.14 bits per heavy atom. The summed E-state index contributed by atoms with van der Waals surface area (Å²) in [5.41, 5.74) is 0.589. The molecule has 0 unspecified atom stereocenters. The first kappa shape index (κ1) is 10.6. The number of rotatable bonds is 3. The maximum absolute atomic E-state index is 11.4. The maximum atomic E-state index is 11.4. The zero-order chi connectivity index (χ0) is 10.4. The molecule has 0 aliphatic heterocycles. The van der Waals surface area contributed by atoms with Crippen molar-refractivity contribution in [1.29, 1.82) is 5.26 Å². The Kier molecular flexibility index (Phi) is 4.02. The minimum Gasteiger partial charge on any atom is -0.497 e. The van der Waals surface area contributed by atoms with Gasteiger partial charge in [-0.05, 0) is 24.3 Å². The van der Waals surface area contributed by atoms with E-state index in [0.717, 1.165) is 11.8 Å². The molecule has 0 atom stereocenters. The Bertz CT molecular complexity index is 353. The third kappa shape index (κ3) is 2.79. The van der Waals surface area contributed by atoms with Gasteiger partial charge in [-0.25, -0.2) is 0 Å². The van der Waals surface area contributed by atoms with Gasteiger partial charge < -0.3 is 4.74 Å². The van der Waals surface area contributed by atoms with Crippen LogP contribution < -0.4 is 4.74 Å². The number of ether oxygens (including phenoxy) is 1. The lowest BCUT2D eigenvalue weighted by Crippen LogP contribution is -1.94. The third-order valence-corrected chi connectivity index (χ3v) is 2.36. The van der Waals surface area contributed by atoms with Gasteiger partial charge in [0.1, 0.15) is 5.75 Å². The summed E-state index contributed by atoms with van der Waals surface area (Å²) in [6, 6.07) is 8.73. The monoisotopic (exact) mass is 207 g/mol. The molecular formula is C10H9NO2S. The van der Waals surface area contributed by atoms with Gasteiger partial charge in [-0.15, -0.1) is 0 Å². The van der Waals surface area contributed by atoms with Crippen molar-refractivity contribution in [3.8, 4) is 11.8 Å². The van der Waals surface area contributed by atoms with Crippen LogP contribution in [0.25, 0.3) is 0 Å². The molecule has 0 heterocycles. The van der Waals surface area contributed by atoms with Gasteiger partial charge in [-0.1, -0.05) is 11.8 Å². The number of benzene rings is 1. The van der Waals surface area contributed by atoms with Gasteiger partial charge in [0.25, 0.3) is 0 Å². The molecule has 0 aromatic heterocycles. The van der Waals surface area contributed by atoms with Crippen molar-refractivity contribution >= 4 is 16.9 Å². The molecule has 1 aromatic rings. The maximum Gasteiger partial charge on any atom is 0.220 e. The molecule has 14 heavy (non-hydrogen) atoms. The van der Waals surface area contributed by atoms with Crippen molar-refractivity contribution in [2.45, 2.75) is 0 Å². The van der Waals surface area contributed by atoms with Crippen LogP contribution >= 0.6 is 11.8 Å². The van der Waals surface area contributed by atoms with E-state index in [1.165, 1.54) is 0 Å². The molecule has 1 rings (SSSR count). The van der Waals surface area contributed by atoms with E-state index < -0.39 is 0 Å². The number of hydrogen-bond donors (Lipinski definition) is 0. The predicted molar refractivity (Wildman–Crippen MR) is 55.4 cm³/mol. The van der Waals surface area contributed by atoms with Gasteiger partial charge in [0, 0.05) is 5.56 Å². The second-order valence-corrected chi connectivity index (χ2v) is 3.41. The highest BCUT2D eigenvalue weighted by Gasteiger charge is 2.05. The summed E-state index contributed by atoms with van der Waals surface area (Å²) in [5.74, 6) is 0.900. The zero-order valence-corrected chi connectivity index (χ0v) is 8.50. The summed E-state index contributed by atoms with van der Waals surface area (Å²) in [6.45, 7) is 0. The van der Waals surface area contributed by atoms with E-state index >= 15 is 0 Å². The molecule has 72 valence electrons. The normalized spacial score (nSPS) is 9.14. The van der Waals surface area contributed by atoms with Gasteiger partial charge in [-0.3, -0.25) is 4.79 Å². The molecule has 0 radical (unpaired) electrons. The van der Waals surface area contributed by atoms with E-state index in [1.807, 2.05) is 6.07 Å². The molecule has 0 aliphatic rings. The SMILES string of the molecule is COc1ccc(C(=O)SCC#N)cc1. The van der Waals surface area contributed by atoms with Crippen LogP contribution in [-0.4, -0.2) is 18.0 Å². The summed E-state index contributed by atoms with van der Waals surface area (Å²) in [4.78, 5) is 11.4. The smallest absolute Gasteiger partial charge is 0.220 e. The van der Waals surface area contributed by atoms with E-state index in [1.54, 1.807) is 31.4 Å². The molecular weight excluding hydrogens is 198 g/mol. The molecule has 0 spiro atoms. The highest BCUT2D eigenvalue weighted by Crippen LogP contribution is 2.16. The number of methoxy groups -OCH3 is 1. The van der Waals surface area contributed by atoms with Crippen molar-refractivity contribution < 1.29 is 9.53 Å². The standard InChI is InChI=1S/C10H9NO2S/c1-13-9-4-2-8(3-5-9)10(12)14-7-6-11/h2-5H,7H2,1H3. The molecule has 4 heteroatoms. The fourth-order valence-electron chi connectivity index (χ4n) is 0.908. The summed E-state index contributed by atoms with van der Waals surface area (Å²) in [7, 11) is 1.57. The van der Waals surface area contributed by atoms with Gasteiger partial charge >= 0.3 is 0 Å². The van der Waals surface area contributed by atoms with E-state index in [9.17, 15) is 4.79 Å². The fourth-order valence-corrected chi connectivity index (χ4v) is 1.41. The predicted octanol–water partition coefficient (Wildman–Crippen LogP) is 2.09. The number of carbonyl (C=O) groups excluding carboxylic acids is 1. The van der Waals surface area contributed by atoms with E-state index in [2.05, 4.69) is 0 Å². The average Bonchev–Trinajstić information content (AvgIpc) is 2.26. The van der Waals surface area contributed by atoms with E-state index in [0.29, 0.717) is 11.3 Å². The van der Waals surface area contributed by atoms with Crippen molar-refractivity contribution in [3.63, 3.8) is 0 Å². The molecule has 0 bridgehead atoms. The first-order valence-electron chi connectivity index (χ1n) is 3.96. The summed E-state index contributed by atoms with van der Waals surface area (Å²) < 4.78 is 4.96. The van der Waals surface area contributed by atoms with Gasteiger partial charge in [0.2, 0.25) is 5.12 Å². The van der Waals surface area contributed by atoms with Crippen LogP contribution in [-0.2, 0) is 0 Å². The molecule has 0 aliphatic carbocycles.